The molecular weight excluding hydrogens is 424 g/mol. The Balaban J connectivity index is 2.39. The average molecular weight is 459 g/mol. The molecule has 2 aromatic carbocycles. The maximum atomic E-state index is 13.6. The molecule has 174 valence electrons. The highest BCUT2D eigenvalue weighted by atomic mass is 32.2. The minimum absolute atomic E-state index is 0.0482. The van der Waals surface area contributed by atoms with Crippen LogP contribution in [-0.2, 0) is 23.1 Å². The van der Waals surface area contributed by atoms with E-state index in [2.05, 4.69) is 25.8 Å². The van der Waals surface area contributed by atoms with Crippen molar-refractivity contribution in [2.45, 2.75) is 33.9 Å². The summed E-state index contributed by atoms with van der Waals surface area (Å²) in [7, 11) is 0.884. The molecule has 6 nitrogen and oxygen atoms in total. The summed E-state index contributed by atoms with van der Waals surface area (Å²) >= 11 is 0. The van der Waals surface area contributed by atoms with Gasteiger partial charge in [-0.15, -0.1) is 0 Å². The van der Waals surface area contributed by atoms with Crippen molar-refractivity contribution in [3.8, 4) is 11.5 Å². The molecule has 0 saturated heterocycles. The molecule has 1 atom stereocenters. The maximum Gasteiger partial charge on any atom is 0.260 e. The van der Waals surface area contributed by atoms with E-state index in [0.717, 1.165) is 22.6 Å². The van der Waals surface area contributed by atoms with Crippen LogP contribution in [-0.4, -0.2) is 39.0 Å². The third-order valence-electron chi connectivity index (χ3n) is 5.45. The number of hydrogen-bond acceptors (Lipinski definition) is 5. The highest BCUT2D eigenvalue weighted by Gasteiger charge is 2.27. The highest BCUT2D eigenvalue weighted by molar-refractivity contribution is 8.04. The van der Waals surface area contributed by atoms with Gasteiger partial charge in [0.2, 0.25) is 0 Å². The van der Waals surface area contributed by atoms with Gasteiger partial charge >= 0.3 is 0 Å². The van der Waals surface area contributed by atoms with E-state index >= 15 is 0 Å². The number of benzene rings is 2. The number of allylic oxidation sites excluding steroid dienone is 1. The molecule has 1 unspecified atom stereocenters. The molecule has 32 heavy (non-hydrogen) atoms. The van der Waals surface area contributed by atoms with Gasteiger partial charge in [0, 0.05) is 20.1 Å². The van der Waals surface area contributed by atoms with Crippen LogP contribution in [0.3, 0.4) is 0 Å². The topological polar surface area (TPSA) is 68.2 Å². The summed E-state index contributed by atoms with van der Waals surface area (Å²) in [5.41, 5.74) is 1.72. The third kappa shape index (κ3) is 6.93. The Kier molecular flexibility index (Phi) is 9.47. The molecule has 0 aliphatic heterocycles. The maximum absolute atomic E-state index is 13.6. The number of methoxy groups -OCH3 is 2. The van der Waals surface area contributed by atoms with Crippen molar-refractivity contribution in [3.63, 3.8) is 0 Å². The number of hydrogen-bond donors (Lipinski definition) is 0. The van der Waals surface area contributed by atoms with Gasteiger partial charge in [-0.2, -0.15) is 4.31 Å². The summed E-state index contributed by atoms with van der Waals surface area (Å²) in [5.74, 6) is 2.08. The van der Waals surface area contributed by atoms with Gasteiger partial charge in [-0.25, -0.2) is 8.42 Å². The molecular formula is C25H34N2O4S. The van der Waals surface area contributed by atoms with Crippen LogP contribution >= 0.6 is 0 Å². The highest BCUT2D eigenvalue weighted by Crippen LogP contribution is 2.21. The Morgan fingerprint density at radius 2 is 1.34 bits per heavy atom. The summed E-state index contributed by atoms with van der Waals surface area (Å²) < 4.78 is 39.1. The molecule has 0 aliphatic rings. The Morgan fingerprint density at radius 1 is 0.906 bits per heavy atom. The summed E-state index contributed by atoms with van der Waals surface area (Å²) in [6.45, 7) is 6.70. The second kappa shape index (κ2) is 11.8. The fourth-order valence-corrected chi connectivity index (χ4v) is 4.34. The van der Waals surface area contributed by atoms with Crippen LogP contribution < -0.4 is 9.47 Å². The number of rotatable bonds is 10. The average Bonchev–Trinajstić information content (AvgIpc) is 2.79. The van der Waals surface area contributed by atoms with Gasteiger partial charge in [0.15, 0.2) is 5.04 Å². The molecule has 2 aromatic rings. The minimum Gasteiger partial charge on any atom is -0.497 e. The van der Waals surface area contributed by atoms with Crippen molar-refractivity contribution in [3.05, 3.63) is 71.8 Å². The van der Waals surface area contributed by atoms with Crippen LogP contribution in [0.4, 0.5) is 0 Å². The van der Waals surface area contributed by atoms with E-state index in [1.807, 2.05) is 54.6 Å². The molecule has 0 radical (unpaired) electrons. The Morgan fingerprint density at radius 3 is 1.69 bits per heavy atom. The third-order valence-corrected chi connectivity index (χ3v) is 7.24. The first kappa shape index (κ1) is 25.6. The number of ether oxygens (including phenoxy) is 2. The van der Waals surface area contributed by atoms with E-state index in [-0.39, 0.29) is 24.1 Å². The zero-order valence-electron chi connectivity index (χ0n) is 19.8. The zero-order chi connectivity index (χ0) is 23.7. The lowest BCUT2D eigenvalue weighted by atomic mass is 9.98. The van der Waals surface area contributed by atoms with E-state index in [9.17, 15) is 8.42 Å². The lowest BCUT2D eigenvalue weighted by Crippen LogP contribution is -2.35. The van der Waals surface area contributed by atoms with Gasteiger partial charge in [0.05, 0.1) is 14.2 Å². The van der Waals surface area contributed by atoms with E-state index in [0.29, 0.717) is 5.92 Å². The fourth-order valence-electron chi connectivity index (χ4n) is 2.96. The Labute approximate surface area is 192 Å². The second-order valence-corrected chi connectivity index (χ2v) is 9.88. The van der Waals surface area contributed by atoms with Gasteiger partial charge in [0.25, 0.3) is 10.0 Å². The minimum atomic E-state index is -3.83. The van der Waals surface area contributed by atoms with Crippen LogP contribution in [0.2, 0.25) is 0 Å². The largest absolute Gasteiger partial charge is 0.497 e. The predicted octanol–water partition coefficient (Wildman–Crippen LogP) is 4.91. The van der Waals surface area contributed by atoms with E-state index in [4.69, 9.17) is 9.47 Å². The number of nitrogens with zero attached hydrogens (tertiary/aromatic N) is 2. The molecule has 7 heteroatoms. The van der Waals surface area contributed by atoms with Crippen molar-refractivity contribution in [2.75, 3.05) is 21.3 Å². The molecule has 0 aromatic heterocycles. The first-order valence-electron chi connectivity index (χ1n) is 10.6. The smallest absolute Gasteiger partial charge is 0.260 e. The first-order valence-corrected chi connectivity index (χ1v) is 12.1. The van der Waals surface area contributed by atoms with Crippen molar-refractivity contribution in [1.82, 2.24) is 4.31 Å². The number of aliphatic imine (C=N–C) groups is 1. The second-order valence-electron chi connectivity index (χ2n) is 7.99. The summed E-state index contributed by atoms with van der Waals surface area (Å²) in [5, 5.41) is 0.0482. The van der Waals surface area contributed by atoms with Crippen molar-refractivity contribution in [1.29, 1.82) is 0 Å². The summed E-state index contributed by atoms with van der Waals surface area (Å²) in [6, 6.07) is 14.8. The Bertz CT molecular complexity index is 961. The van der Waals surface area contributed by atoms with Crippen molar-refractivity contribution >= 4 is 15.1 Å². The van der Waals surface area contributed by atoms with Gasteiger partial charge in [-0.05, 0) is 53.3 Å². The normalized spacial score (nSPS) is 13.7. The predicted molar refractivity (Wildman–Crippen MR) is 131 cm³/mol. The van der Waals surface area contributed by atoms with Crippen LogP contribution in [0, 0.1) is 11.8 Å². The standard InChI is InChI=1S/C25H34N2O4S/c1-19(2)20(3)7-16-25(26-4)32(28,29)27(17-21-8-12-23(30-5)13-9-21)18-22-10-14-24(31-6)15-11-22/h7-16,19-20H,17-18H2,1-6H3/b16-7-,26-25+. The van der Waals surface area contributed by atoms with E-state index < -0.39 is 10.0 Å². The van der Waals surface area contributed by atoms with Gasteiger partial charge in [-0.3, -0.25) is 4.99 Å². The van der Waals surface area contributed by atoms with E-state index in [1.165, 1.54) is 11.4 Å². The number of sulfonamides is 1. The van der Waals surface area contributed by atoms with Crippen LogP contribution in [0.25, 0.3) is 0 Å². The molecule has 0 saturated carbocycles. The fraction of sp³-hybridized carbons (Fsp3) is 0.400. The zero-order valence-corrected chi connectivity index (χ0v) is 20.6. The molecule has 2 rings (SSSR count). The van der Waals surface area contributed by atoms with Crippen LogP contribution in [0.5, 0.6) is 11.5 Å². The molecule has 0 N–H and O–H groups in total. The lowest BCUT2D eigenvalue weighted by Gasteiger charge is -2.23. The molecule has 0 bridgehead atoms. The van der Waals surface area contributed by atoms with Crippen LogP contribution in [0.15, 0.2) is 65.7 Å². The van der Waals surface area contributed by atoms with E-state index in [1.54, 1.807) is 20.3 Å². The van der Waals surface area contributed by atoms with Crippen molar-refractivity contribution < 1.29 is 17.9 Å². The molecule has 0 fully saturated rings. The van der Waals surface area contributed by atoms with Crippen molar-refractivity contribution in [2.24, 2.45) is 16.8 Å². The molecule has 0 spiro atoms. The SMILES string of the molecule is C/N=C(\C=C/C(C)C(C)C)S(=O)(=O)N(Cc1ccc(OC)cc1)Cc1ccc(OC)cc1. The quantitative estimate of drug-likeness (QED) is 0.375. The summed E-state index contributed by atoms with van der Waals surface area (Å²) in [4.78, 5) is 4.11. The van der Waals surface area contributed by atoms with Crippen LogP contribution in [0.1, 0.15) is 31.9 Å². The Hall–Kier alpha value is -2.64. The molecule has 0 amide bonds. The summed E-state index contributed by atoms with van der Waals surface area (Å²) in [6.07, 6.45) is 3.53. The monoisotopic (exact) mass is 458 g/mol. The lowest BCUT2D eigenvalue weighted by molar-refractivity contribution is 0.404. The molecule has 0 aliphatic carbocycles. The van der Waals surface area contributed by atoms with Gasteiger partial charge in [0.1, 0.15) is 11.5 Å². The van der Waals surface area contributed by atoms with Gasteiger partial charge < -0.3 is 9.47 Å². The first-order chi connectivity index (χ1) is 15.2. The van der Waals surface area contributed by atoms with Gasteiger partial charge in [-0.1, -0.05) is 51.1 Å². The molecule has 0 heterocycles.